The third kappa shape index (κ3) is 3.31. The zero-order valence-corrected chi connectivity index (χ0v) is 14.3. The second-order valence-electron chi connectivity index (χ2n) is 5.98. The monoisotopic (exact) mass is 374 g/mol. The van der Waals surface area contributed by atoms with Gasteiger partial charge in [-0.2, -0.15) is 11.8 Å². The molecule has 0 aliphatic carbocycles. The van der Waals surface area contributed by atoms with Crippen LogP contribution in [0.5, 0.6) is 0 Å². The molecule has 116 valence electrons. The molecule has 0 bridgehead atoms. The first-order valence-corrected chi connectivity index (χ1v) is 9.40. The van der Waals surface area contributed by atoms with E-state index in [4.69, 9.17) is 4.74 Å². The highest BCUT2D eigenvalue weighted by molar-refractivity contribution is 9.10. The predicted molar refractivity (Wildman–Crippen MR) is 87.0 cm³/mol. The normalized spacial score (nSPS) is 26.7. The second-order valence-corrected chi connectivity index (χ2v) is 8.06. The Hall–Kier alpha value is -0.100. The summed E-state index contributed by atoms with van der Waals surface area (Å²) in [6.07, 6.45) is 2.93. The fourth-order valence-electron chi connectivity index (χ4n) is 3.46. The molecule has 2 nitrogen and oxygen atoms in total. The van der Waals surface area contributed by atoms with Crippen LogP contribution >= 0.6 is 27.7 Å². The van der Waals surface area contributed by atoms with Crippen LogP contribution in [0, 0.1) is 11.7 Å². The minimum atomic E-state index is -0.768. The molecule has 0 amide bonds. The summed E-state index contributed by atoms with van der Waals surface area (Å²) in [6.45, 7) is 0.665. The van der Waals surface area contributed by atoms with E-state index in [0.29, 0.717) is 16.6 Å². The molecular formula is C16H20BrFO2S. The van der Waals surface area contributed by atoms with Gasteiger partial charge in [-0.1, -0.05) is 22.0 Å². The van der Waals surface area contributed by atoms with Crippen molar-refractivity contribution in [3.8, 4) is 0 Å². The number of rotatable bonds is 2. The van der Waals surface area contributed by atoms with Crippen molar-refractivity contribution < 1.29 is 14.2 Å². The third-order valence-corrected chi connectivity index (χ3v) is 6.35. The van der Waals surface area contributed by atoms with Crippen molar-refractivity contribution in [2.75, 3.05) is 18.1 Å². The van der Waals surface area contributed by atoms with Crippen molar-refractivity contribution in [3.63, 3.8) is 0 Å². The first-order valence-electron chi connectivity index (χ1n) is 7.45. The number of halogens is 2. The van der Waals surface area contributed by atoms with E-state index in [-0.39, 0.29) is 17.3 Å². The third-order valence-electron chi connectivity index (χ3n) is 4.68. The second kappa shape index (κ2) is 6.57. The molecule has 2 saturated heterocycles. The van der Waals surface area contributed by atoms with Crippen LogP contribution in [-0.4, -0.2) is 28.8 Å². The molecule has 2 atom stereocenters. The van der Waals surface area contributed by atoms with E-state index in [1.165, 1.54) is 6.07 Å². The Morgan fingerprint density at radius 3 is 2.86 bits per heavy atom. The molecule has 2 unspecified atom stereocenters. The van der Waals surface area contributed by atoms with Gasteiger partial charge < -0.3 is 9.84 Å². The number of thioether (sulfide) groups is 1. The lowest BCUT2D eigenvalue weighted by atomic mass is 9.78. The lowest BCUT2D eigenvalue weighted by Gasteiger charge is -2.44. The van der Waals surface area contributed by atoms with Crippen LogP contribution < -0.4 is 0 Å². The SMILES string of the molecule is OC(c1c(F)cccc1Br)C1CCOC2(CCSCC2)C1. The fraction of sp³-hybridized carbons (Fsp3) is 0.625. The molecule has 2 aliphatic heterocycles. The smallest absolute Gasteiger partial charge is 0.130 e. The Labute approximate surface area is 137 Å². The molecule has 2 aliphatic rings. The van der Waals surface area contributed by atoms with Crippen molar-refractivity contribution in [1.82, 2.24) is 0 Å². The predicted octanol–water partition coefficient (Wildman–Crippen LogP) is 4.31. The largest absolute Gasteiger partial charge is 0.388 e. The summed E-state index contributed by atoms with van der Waals surface area (Å²) in [7, 11) is 0. The number of ether oxygens (including phenoxy) is 1. The maximum absolute atomic E-state index is 14.1. The summed E-state index contributed by atoms with van der Waals surface area (Å²) in [5, 5.41) is 10.7. The Bertz CT molecular complexity index is 479. The lowest BCUT2D eigenvalue weighted by molar-refractivity contribution is -0.121. The molecule has 0 radical (unpaired) electrons. The summed E-state index contributed by atoms with van der Waals surface area (Å²) in [5.41, 5.74) is 0.303. The number of aliphatic hydroxyl groups excluding tert-OH is 1. The molecule has 2 fully saturated rings. The molecule has 2 heterocycles. The summed E-state index contributed by atoms with van der Waals surface area (Å²) in [5.74, 6) is 1.96. The van der Waals surface area contributed by atoms with E-state index in [1.54, 1.807) is 12.1 Å². The molecule has 1 aromatic rings. The van der Waals surface area contributed by atoms with Gasteiger partial charge in [0.05, 0.1) is 11.7 Å². The summed E-state index contributed by atoms with van der Waals surface area (Å²) >= 11 is 5.33. The average molecular weight is 375 g/mol. The summed E-state index contributed by atoms with van der Waals surface area (Å²) < 4.78 is 20.8. The highest BCUT2D eigenvalue weighted by Gasteiger charge is 2.41. The van der Waals surface area contributed by atoms with Crippen molar-refractivity contribution >= 4 is 27.7 Å². The van der Waals surface area contributed by atoms with Gasteiger partial charge >= 0.3 is 0 Å². The standard InChI is InChI=1S/C16H20BrFO2S/c17-12-2-1-3-13(18)14(12)15(19)11-4-7-20-16(10-11)5-8-21-9-6-16/h1-3,11,15,19H,4-10H2. The number of hydrogen-bond donors (Lipinski definition) is 1. The molecule has 1 spiro atoms. The quantitative estimate of drug-likeness (QED) is 0.835. The molecule has 0 saturated carbocycles. The van der Waals surface area contributed by atoms with Gasteiger partial charge in [0, 0.05) is 16.6 Å². The molecule has 3 rings (SSSR count). The number of hydrogen-bond acceptors (Lipinski definition) is 3. The number of benzene rings is 1. The molecule has 5 heteroatoms. The van der Waals surface area contributed by atoms with E-state index in [2.05, 4.69) is 15.9 Å². The molecular weight excluding hydrogens is 355 g/mol. The van der Waals surface area contributed by atoms with Crippen LogP contribution in [0.25, 0.3) is 0 Å². The van der Waals surface area contributed by atoms with Crippen molar-refractivity contribution in [3.05, 3.63) is 34.1 Å². The zero-order valence-electron chi connectivity index (χ0n) is 11.9. The summed E-state index contributed by atoms with van der Waals surface area (Å²) in [4.78, 5) is 0. The minimum absolute atomic E-state index is 0.0649. The highest BCUT2D eigenvalue weighted by Crippen LogP contribution is 2.44. The topological polar surface area (TPSA) is 29.5 Å². The van der Waals surface area contributed by atoms with E-state index in [1.807, 2.05) is 11.8 Å². The maximum atomic E-state index is 14.1. The van der Waals surface area contributed by atoms with Crippen molar-refractivity contribution in [2.45, 2.75) is 37.4 Å². The van der Waals surface area contributed by atoms with Gasteiger partial charge in [-0.15, -0.1) is 0 Å². The van der Waals surface area contributed by atoms with Gasteiger partial charge in [-0.05, 0) is 55.2 Å². The minimum Gasteiger partial charge on any atom is -0.388 e. The van der Waals surface area contributed by atoms with E-state index in [0.717, 1.165) is 37.2 Å². The lowest BCUT2D eigenvalue weighted by Crippen LogP contribution is -2.44. The van der Waals surface area contributed by atoms with Crippen LogP contribution in [0.3, 0.4) is 0 Å². The Balaban J connectivity index is 1.79. The van der Waals surface area contributed by atoms with Gasteiger partial charge in [0.1, 0.15) is 5.82 Å². The van der Waals surface area contributed by atoms with Crippen LogP contribution in [0.1, 0.15) is 37.4 Å². The van der Waals surface area contributed by atoms with E-state index < -0.39 is 6.10 Å². The van der Waals surface area contributed by atoms with E-state index >= 15 is 0 Å². The van der Waals surface area contributed by atoms with E-state index in [9.17, 15) is 9.50 Å². The molecule has 1 N–H and O–H groups in total. The van der Waals surface area contributed by atoms with Gasteiger partial charge in [0.2, 0.25) is 0 Å². The van der Waals surface area contributed by atoms with Gasteiger partial charge in [0.15, 0.2) is 0 Å². The Morgan fingerprint density at radius 1 is 1.38 bits per heavy atom. The molecule has 0 aromatic heterocycles. The van der Waals surface area contributed by atoms with Gasteiger partial charge in [-0.25, -0.2) is 4.39 Å². The Morgan fingerprint density at radius 2 is 2.14 bits per heavy atom. The van der Waals surface area contributed by atoms with Crippen LogP contribution in [0.4, 0.5) is 4.39 Å². The highest BCUT2D eigenvalue weighted by atomic mass is 79.9. The number of aliphatic hydroxyl groups is 1. The first kappa shape index (κ1) is 15.8. The van der Waals surface area contributed by atoms with Gasteiger partial charge in [-0.3, -0.25) is 0 Å². The van der Waals surface area contributed by atoms with Crippen LogP contribution in [0.15, 0.2) is 22.7 Å². The van der Waals surface area contributed by atoms with Crippen molar-refractivity contribution in [1.29, 1.82) is 0 Å². The van der Waals surface area contributed by atoms with Crippen molar-refractivity contribution in [2.24, 2.45) is 5.92 Å². The van der Waals surface area contributed by atoms with Crippen LogP contribution in [0.2, 0.25) is 0 Å². The maximum Gasteiger partial charge on any atom is 0.130 e. The zero-order chi connectivity index (χ0) is 14.9. The fourth-order valence-corrected chi connectivity index (χ4v) is 5.27. The first-order chi connectivity index (χ1) is 10.1. The van der Waals surface area contributed by atoms with Crippen LogP contribution in [-0.2, 0) is 4.74 Å². The molecule has 21 heavy (non-hydrogen) atoms. The molecule has 1 aromatic carbocycles. The average Bonchev–Trinajstić information content (AvgIpc) is 2.48. The summed E-state index contributed by atoms with van der Waals surface area (Å²) in [6, 6.07) is 4.85. The Kier molecular flexibility index (Phi) is 4.94. The van der Waals surface area contributed by atoms with Gasteiger partial charge in [0.25, 0.3) is 0 Å².